The minimum atomic E-state index is -0.434. The summed E-state index contributed by atoms with van der Waals surface area (Å²) in [5, 5.41) is -0.869. The van der Waals surface area contributed by atoms with Gasteiger partial charge in [0, 0.05) is 0 Å². The van der Waals surface area contributed by atoms with E-state index >= 15 is 0 Å². The summed E-state index contributed by atoms with van der Waals surface area (Å²) in [5.41, 5.74) is 0. The highest BCUT2D eigenvalue weighted by Crippen LogP contribution is 2.49. The molecule has 1 saturated carbocycles. The highest BCUT2D eigenvalue weighted by Gasteiger charge is 2.50. The Morgan fingerprint density at radius 1 is 1.00 bits per heavy atom. The maximum absolute atomic E-state index is 11.1. The standard InChI is InChI=1S/C9H8Cl2O2/c10-8(12)6-4-1-2-5(3-4)7(6)9(11)13/h1-2,4-7H,3H2. The molecule has 70 valence electrons. The Hall–Kier alpha value is -0.340. The minimum Gasteiger partial charge on any atom is -0.281 e. The van der Waals surface area contributed by atoms with Crippen molar-refractivity contribution in [1.29, 1.82) is 0 Å². The van der Waals surface area contributed by atoms with Crippen LogP contribution in [0.4, 0.5) is 0 Å². The molecule has 2 aliphatic carbocycles. The molecule has 0 aromatic carbocycles. The highest BCUT2D eigenvalue weighted by molar-refractivity contribution is 6.66. The summed E-state index contributed by atoms with van der Waals surface area (Å²) < 4.78 is 0. The maximum atomic E-state index is 11.1. The number of carbonyl (C=O) groups excluding carboxylic acids is 2. The normalized spacial score (nSPS) is 41.1. The van der Waals surface area contributed by atoms with E-state index in [-0.39, 0.29) is 23.7 Å². The number of halogens is 2. The first-order valence-electron chi connectivity index (χ1n) is 4.18. The van der Waals surface area contributed by atoms with Crippen LogP contribution in [0.5, 0.6) is 0 Å². The Balaban J connectivity index is 2.30. The van der Waals surface area contributed by atoms with E-state index < -0.39 is 10.5 Å². The largest absolute Gasteiger partial charge is 0.281 e. The second-order valence-electron chi connectivity index (χ2n) is 3.61. The highest BCUT2D eigenvalue weighted by atomic mass is 35.5. The number of hydrogen-bond donors (Lipinski definition) is 0. The average Bonchev–Trinajstić information content (AvgIpc) is 2.60. The van der Waals surface area contributed by atoms with Gasteiger partial charge in [-0.25, -0.2) is 0 Å². The molecular formula is C9H8Cl2O2. The van der Waals surface area contributed by atoms with Crippen molar-refractivity contribution in [2.45, 2.75) is 6.42 Å². The molecule has 0 aliphatic heterocycles. The molecule has 0 amide bonds. The topological polar surface area (TPSA) is 34.1 Å². The van der Waals surface area contributed by atoms with Gasteiger partial charge < -0.3 is 0 Å². The van der Waals surface area contributed by atoms with Crippen LogP contribution in [-0.2, 0) is 9.59 Å². The fourth-order valence-electron chi connectivity index (χ4n) is 2.44. The first-order chi connectivity index (χ1) is 6.11. The molecule has 2 nitrogen and oxygen atoms in total. The van der Waals surface area contributed by atoms with Gasteiger partial charge in [-0.3, -0.25) is 9.59 Å². The summed E-state index contributed by atoms with van der Waals surface area (Å²) in [7, 11) is 0. The molecule has 2 aliphatic rings. The van der Waals surface area contributed by atoms with Crippen molar-refractivity contribution in [3.05, 3.63) is 12.2 Å². The van der Waals surface area contributed by atoms with Crippen molar-refractivity contribution in [3.63, 3.8) is 0 Å². The Bertz CT molecular complexity index is 270. The molecule has 4 heteroatoms. The summed E-state index contributed by atoms with van der Waals surface area (Å²) in [6.07, 6.45) is 4.77. The molecule has 0 radical (unpaired) electrons. The van der Waals surface area contributed by atoms with Gasteiger partial charge >= 0.3 is 0 Å². The first kappa shape index (κ1) is 9.22. The van der Waals surface area contributed by atoms with Gasteiger partial charge in [0.25, 0.3) is 0 Å². The van der Waals surface area contributed by atoms with Crippen LogP contribution in [0.2, 0.25) is 0 Å². The smallest absolute Gasteiger partial charge is 0.226 e. The maximum Gasteiger partial charge on any atom is 0.226 e. The number of allylic oxidation sites excluding steroid dienone is 2. The van der Waals surface area contributed by atoms with Crippen molar-refractivity contribution in [1.82, 2.24) is 0 Å². The molecular weight excluding hydrogens is 211 g/mol. The molecule has 2 bridgehead atoms. The summed E-state index contributed by atoms with van der Waals surface area (Å²) in [6.45, 7) is 0. The second-order valence-corrected chi connectivity index (χ2v) is 4.35. The molecule has 13 heavy (non-hydrogen) atoms. The van der Waals surface area contributed by atoms with E-state index in [9.17, 15) is 9.59 Å². The van der Waals surface area contributed by atoms with Crippen LogP contribution >= 0.6 is 23.2 Å². The van der Waals surface area contributed by atoms with E-state index in [4.69, 9.17) is 23.2 Å². The Morgan fingerprint density at radius 2 is 1.38 bits per heavy atom. The molecule has 0 heterocycles. The van der Waals surface area contributed by atoms with Gasteiger partial charge in [0.15, 0.2) is 0 Å². The molecule has 1 fully saturated rings. The van der Waals surface area contributed by atoms with E-state index in [1.807, 2.05) is 12.2 Å². The van der Waals surface area contributed by atoms with E-state index in [1.165, 1.54) is 0 Å². The minimum absolute atomic E-state index is 0.127. The summed E-state index contributed by atoms with van der Waals surface area (Å²) >= 11 is 10.9. The predicted molar refractivity (Wildman–Crippen MR) is 49.4 cm³/mol. The van der Waals surface area contributed by atoms with Gasteiger partial charge in [0.05, 0.1) is 11.8 Å². The van der Waals surface area contributed by atoms with Gasteiger partial charge in [-0.15, -0.1) is 0 Å². The quantitative estimate of drug-likeness (QED) is 0.525. The third-order valence-electron chi connectivity index (χ3n) is 2.98. The number of carbonyl (C=O) groups is 2. The summed E-state index contributed by atoms with van der Waals surface area (Å²) in [4.78, 5) is 22.1. The van der Waals surface area contributed by atoms with Crippen LogP contribution < -0.4 is 0 Å². The monoisotopic (exact) mass is 218 g/mol. The fourth-order valence-corrected chi connectivity index (χ4v) is 3.04. The van der Waals surface area contributed by atoms with Gasteiger partial charge in [-0.05, 0) is 41.5 Å². The van der Waals surface area contributed by atoms with Crippen LogP contribution in [0, 0.1) is 23.7 Å². The van der Waals surface area contributed by atoms with Gasteiger partial charge in [0.2, 0.25) is 10.5 Å². The lowest BCUT2D eigenvalue weighted by Gasteiger charge is -2.20. The lowest BCUT2D eigenvalue weighted by atomic mass is 9.85. The van der Waals surface area contributed by atoms with Crippen LogP contribution in [0.25, 0.3) is 0 Å². The third-order valence-corrected chi connectivity index (χ3v) is 3.49. The van der Waals surface area contributed by atoms with Crippen LogP contribution in [0.1, 0.15) is 6.42 Å². The molecule has 0 aromatic heterocycles. The van der Waals surface area contributed by atoms with Gasteiger partial charge in [0.1, 0.15) is 0 Å². The molecule has 0 spiro atoms. The van der Waals surface area contributed by atoms with E-state index in [0.717, 1.165) is 6.42 Å². The average molecular weight is 219 g/mol. The van der Waals surface area contributed by atoms with Crippen molar-refractivity contribution >= 4 is 33.7 Å². The second kappa shape index (κ2) is 3.10. The van der Waals surface area contributed by atoms with Gasteiger partial charge in [-0.2, -0.15) is 0 Å². The molecule has 2 rings (SSSR count). The van der Waals surface area contributed by atoms with Gasteiger partial charge in [-0.1, -0.05) is 12.2 Å². The molecule has 4 unspecified atom stereocenters. The molecule has 0 aromatic rings. The van der Waals surface area contributed by atoms with E-state index in [0.29, 0.717) is 0 Å². The number of fused-ring (bicyclic) bond motifs is 2. The van der Waals surface area contributed by atoms with Crippen LogP contribution in [-0.4, -0.2) is 10.5 Å². The predicted octanol–water partition coefficient (Wildman–Crippen LogP) is 1.96. The summed E-state index contributed by atoms with van der Waals surface area (Å²) in [6, 6.07) is 0. The lowest BCUT2D eigenvalue weighted by molar-refractivity contribution is -0.124. The summed E-state index contributed by atoms with van der Waals surface area (Å²) in [5.74, 6) is -0.520. The molecule has 4 atom stereocenters. The number of hydrogen-bond acceptors (Lipinski definition) is 2. The van der Waals surface area contributed by atoms with Crippen LogP contribution in [0.3, 0.4) is 0 Å². The van der Waals surface area contributed by atoms with E-state index in [1.54, 1.807) is 0 Å². The SMILES string of the molecule is O=C(Cl)C1C2C=CC(C2)C1C(=O)Cl. The zero-order chi connectivity index (χ0) is 9.59. The van der Waals surface area contributed by atoms with Crippen molar-refractivity contribution in [3.8, 4) is 0 Å². The third kappa shape index (κ3) is 1.32. The number of rotatable bonds is 2. The van der Waals surface area contributed by atoms with Crippen molar-refractivity contribution in [2.24, 2.45) is 23.7 Å². The Kier molecular flexibility index (Phi) is 2.20. The zero-order valence-electron chi connectivity index (χ0n) is 6.74. The van der Waals surface area contributed by atoms with Crippen molar-refractivity contribution in [2.75, 3.05) is 0 Å². The first-order valence-corrected chi connectivity index (χ1v) is 4.94. The molecule has 0 N–H and O–H groups in total. The Morgan fingerprint density at radius 3 is 1.69 bits per heavy atom. The lowest BCUT2D eigenvalue weighted by Crippen LogP contribution is -2.28. The van der Waals surface area contributed by atoms with Crippen molar-refractivity contribution < 1.29 is 9.59 Å². The van der Waals surface area contributed by atoms with E-state index in [2.05, 4.69) is 0 Å². The fraction of sp³-hybridized carbons (Fsp3) is 0.556. The molecule has 0 saturated heterocycles. The Labute approximate surface area is 85.9 Å². The van der Waals surface area contributed by atoms with Crippen LogP contribution in [0.15, 0.2) is 12.2 Å². The zero-order valence-corrected chi connectivity index (χ0v) is 8.26.